The van der Waals surface area contributed by atoms with E-state index in [9.17, 15) is 4.79 Å². The highest BCUT2D eigenvalue weighted by atomic mass is 32.2. The van der Waals surface area contributed by atoms with Gasteiger partial charge in [0.25, 0.3) is 5.91 Å². The third-order valence-corrected chi connectivity index (χ3v) is 5.18. The molecule has 1 amide bonds. The van der Waals surface area contributed by atoms with Crippen LogP contribution in [0.1, 0.15) is 19.8 Å². The highest BCUT2D eigenvalue weighted by Crippen LogP contribution is 2.34. The molecule has 0 aliphatic heterocycles. The van der Waals surface area contributed by atoms with Crippen molar-refractivity contribution in [3.05, 3.63) is 29.8 Å². The lowest BCUT2D eigenvalue weighted by Crippen LogP contribution is -2.28. The molecule has 1 N–H and O–H groups in total. The van der Waals surface area contributed by atoms with Crippen LogP contribution in [0.15, 0.2) is 39.0 Å². The van der Waals surface area contributed by atoms with Crippen LogP contribution in [0.25, 0.3) is 0 Å². The van der Waals surface area contributed by atoms with Gasteiger partial charge < -0.3 is 10.1 Å². The fraction of sp³-hybridized carbons (Fsp3) is 0.400. The Morgan fingerprint density at radius 3 is 3.05 bits per heavy atom. The van der Waals surface area contributed by atoms with E-state index in [1.54, 1.807) is 12.4 Å². The molecule has 0 spiro atoms. The highest BCUT2D eigenvalue weighted by molar-refractivity contribution is 8.01. The summed E-state index contributed by atoms with van der Waals surface area (Å²) >= 11 is 2.97. The molecule has 3 rings (SSSR count). The molecule has 1 aliphatic carbocycles. The molecule has 1 aromatic carbocycles. The molecule has 1 aromatic heterocycles. The molecule has 0 bridgehead atoms. The number of benzene rings is 1. The lowest BCUT2D eigenvalue weighted by atomic mass is 10.3. The smallest absolute Gasteiger partial charge is 0.253 e. The fourth-order valence-corrected chi connectivity index (χ4v) is 3.36. The maximum Gasteiger partial charge on any atom is 0.253 e. The molecule has 0 unspecified atom stereocenters. The topological polar surface area (TPSA) is 64.1 Å². The highest BCUT2D eigenvalue weighted by Gasteiger charge is 2.24. The van der Waals surface area contributed by atoms with E-state index in [1.165, 1.54) is 35.9 Å². The van der Waals surface area contributed by atoms with Crippen molar-refractivity contribution in [1.29, 1.82) is 0 Å². The Bertz CT molecular complexity index is 629. The van der Waals surface area contributed by atoms with Gasteiger partial charge in [-0.05, 0) is 37.8 Å². The monoisotopic (exact) mass is 335 g/mol. The molecule has 1 atom stereocenters. The third-order valence-electron chi connectivity index (χ3n) is 3.33. The number of rotatable bonds is 7. The van der Waals surface area contributed by atoms with E-state index in [0.29, 0.717) is 12.5 Å². The summed E-state index contributed by atoms with van der Waals surface area (Å²) in [4.78, 5) is 13.2. The van der Waals surface area contributed by atoms with Gasteiger partial charge in [0.05, 0.1) is 12.3 Å². The van der Waals surface area contributed by atoms with Gasteiger partial charge in [-0.25, -0.2) is 0 Å². The zero-order chi connectivity index (χ0) is 15.4. The van der Waals surface area contributed by atoms with Crippen LogP contribution in [0.2, 0.25) is 0 Å². The molecular weight excluding hydrogens is 318 g/mol. The van der Waals surface area contributed by atoms with Crippen molar-refractivity contribution in [3.8, 4) is 0 Å². The Balaban J connectivity index is 1.62. The molecule has 1 fully saturated rings. The first-order valence-corrected chi connectivity index (χ1v) is 8.87. The number of hydrogen-bond acceptors (Lipinski definition) is 6. The van der Waals surface area contributed by atoms with Gasteiger partial charge in [0.2, 0.25) is 0 Å². The molecule has 1 heterocycles. The second-order valence-electron chi connectivity index (χ2n) is 5.21. The van der Waals surface area contributed by atoms with Gasteiger partial charge >= 0.3 is 0 Å². The van der Waals surface area contributed by atoms with Crippen molar-refractivity contribution in [2.24, 2.45) is 5.92 Å². The second kappa shape index (κ2) is 7.21. The van der Waals surface area contributed by atoms with Crippen molar-refractivity contribution in [3.63, 3.8) is 0 Å². The minimum absolute atomic E-state index is 0.119. The number of carbonyl (C=O) groups excluding carboxylic acids is 1. The van der Waals surface area contributed by atoms with E-state index in [1.807, 2.05) is 24.3 Å². The van der Waals surface area contributed by atoms with Crippen LogP contribution in [0, 0.1) is 5.92 Å². The van der Waals surface area contributed by atoms with Gasteiger partial charge in [-0.3, -0.25) is 4.79 Å². The Morgan fingerprint density at radius 1 is 1.50 bits per heavy atom. The predicted molar refractivity (Wildman–Crippen MR) is 87.2 cm³/mol. The Kier molecular flexibility index (Phi) is 5.07. The van der Waals surface area contributed by atoms with E-state index in [0.717, 1.165) is 14.9 Å². The molecule has 22 heavy (non-hydrogen) atoms. The largest absolute Gasteiger partial charge is 0.368 e. The number of para-hydroxylation sites is 1. The number of hydrogen-bond donors (Lipinski definition) is 1. The van der Waals surface area contributed by atoms with Crippen LogP contribution in [-0.2, 0) is 9.53 Å². The summed E-state index contributed by atoms with van der Waals surface area (Å²) in [5, 5.41) is 10.8. The lowest BCUT2D eigenvalue weighted by molar-refractivity contribution is -0.126. The van der Waals surface area contributed by atoms with Gasteiger partial charge in [0.15, 0.2) is 4.34 Å². The number of ether oxygens (including phenoxy) is 1. The Morgan fingerprint density at radius 2 is 2.32 bits per heavy atom. The van der Waals surface area contributed by atoms with E-state index in [-0.39, 0.29) is 5.91 Å². The number of aromatic nitrogens is 2. The fourth-order valence-electron chi connectivity index (χ4n) is 1.84. The maximum atomic E-state index is 12.2. The molecule has 1 saturated carbocycles. The number of nitrogens with one attached hydrogen (secondary N) is 1. The van der Waals surface area contributed by atoms with Crippen LogP contribution < -0.4 is 5.32 Å². The maximum absolute atomic E-state index is 12.2. The number of anilines is 1. The van der Waals surface area contributed by atoms with Gasteiger partial charge in [0, 0.05) is 4.90 Å². The minimum atomic E-state index is -0.444. The van der Waals surface area contributed by atoms with Crippen LogP contribution in [0.3, 0.4) is 0 Å². The van der Waals surface area contributed by atoms with Gasteiger partial charge in [0.1, 0.15) is 11.6 Å². The molecule has 7 heteroatoms. The summed E-state index contributed by atoms with van der Waals surface area (Å²) < 4.78 is 6.45. The third kappa shape index (κ3) is 4.28. The van der Waals surface area contributed by atoms with Crippen molar-refractivity contribution in [2.45, 2.75) is 35.1 Å². The van der Waals surface area contributed by atoms with Crippen LogP contribution in [0.4, 0.5) is 5.69 Å². The summed E-state index contributed by atoms with van der Waals surface area (Å²) in [6.07, 6.45) is 1.99. The first-order valence-electron chi connectivity index (χ1n) is 7.18. The minimum Gasteiger partial charge on any atom is -0.368 e. The zero-order valence-electron chi connectivity index (χ0n) is 12.2. The molecule has 2 aromatic rings. The first kappa shape index (κ1) is 15.5. The van der Waals surface area contributed by atoms with Crippen LogP contribution in [-0.4, -0.2) is 28.8 Å². The van der Waals surface area contributed by atoms with Crippen molar-refractivity contribution >= 4 is 34.7 Å². The predicted octanol–water partition coefficient (Wildman–Crippen LogP) is 3.44. The standard InChI is InChI=1S/C15H17N3O2S2/c1-10(20-8-11-6-7-11)14(19)17-12-4-2-3-5-13(12)22-15-18-16-9-21-15/h2-5,9-11H,6-8H2,1H3,(H,17,19)/t10-/m0/s1. The second-order valence-corrected chi connectivity index (χ2v) is 7.33. The van der Waals surface area contributed by atoms with E-state index < -0.39 is 6.10 Å². The van der Waals surface area contributed by atoms with Crippen LogP contribution in [0.5, 0.6) is 0 Å². The summed E-state index contributed by atoms with van der Waals surface area (Å²) in [7, 11) is 0. The molecule has 5 nitrogen and oxygen atoms in total. The normalized spacial score (nSPS) is 15.5. The molecule has 0 radical (unpaired) electrons. The Hall–Kier alpha value is -1.44. The quantitative estimate of drug-likeness (QED) is 0.839. The Labute approximate surface area is 137 Å². The van der Waals surface area contributed by atoms with Gasteiger partial charge in [-0.1, -0.05) is 35.2 Å². The molecule has 116 valence electrons. The number of nitrogens with zero attached hydrogens (tertiary/aromatic N) is 2. The van der Waals surface area contributed by atoms with E-state index >= 15 is 0 Å². The summed E-state index contributed by atoms with van der Waals surface area (Å²) in [5.74, 6) is 0.529. The summed E-state index contributed by atoms with van der Waals surface area (Å²) in [5.41, 5.74) is 2.46. The zero-order valence-corrected chi connectivity index (χ0v) is 13.8. The summed E-state index contributed by atoms with van der Waals surface area (Å²) in [6, 6.07) is 7.67. The van der Waals surface area contributed by atoms with Crippen molar-refractivity contribution in [2.75, 3.05) is 11.9 Å². The van der Waals surface area contributed by atoms with Crippen LogP contribution >= 0.6 is 23.1 Å². The lowest BCUT2D eigenvalue weighted by Gasteiger charge is -2.14. The van der Waals surface area contributed by atoms with E-state index in [2.05, 4.69) is 15.5 Å². The SMILES string of the molecule is C[C@H](OCC1CC1)C(=O)Nc1ccccc1Sc1nncs1. The molecule has 1 aliphatic rings. The first-order chi connectivity index (χ1) is 10.7. The van der Waals surface area contributed by atoms with Crippen molar-refractivity contribution < 1.29 is 9.53 Å². The van der Waals surface area contributed by atoms with Crippen molar-refractivity contribution in [1.82, 2.24) is 10.2 Å². The summed E-state index contributed by atoms with van der Waals surface area (Å²) in [6.45, 7) is 2.47. The molecular formula is C15H17N3O2S2. The van der Waals surface area contributed by atoms with Gasteiger partial charge in [-0.15, -0.1) is 10.2 Å². The average molecular weight is 335 g/mol. The van der Waals surface area contributed by atoms with Gasteiger partial charge in [-0.2, -0.15) is 0 Å². The molecule has 0 saturated heterocycles. The number of amides is 1. The van der Waals surface area contributed by atoms with E-state index in [4.69, 9.17) is 4.74 Å². The number of carbonyl (C=O) groups is 1. The average Bonchev–Trinajstić information content (AvgIpc) is 3.22.